The van der Waals surface area contributed by atoms with Gasteiger partial charge in [0.2, 0.25) is 0 Å². The molecule has 0 radical (unpaired) electrons. The van der Waals surface area contributed by atoms with Crippen LogP contribution in [0.2, 0.25) is 0 Å². The number of rotatable bonds is 4. The summed E-state index contributed by atoms with van der Waals surface area (Å²) < 4.78 is 0. The molecule has 1 aromatic rings. The van der Waals surface area contributed by atoms with Gasteiger partial charge in [-0.05, 0) is 105 Å². The van der Waals surface area contributed by atoms with Crippen LogP contribution in [0.15, 0.2) is 30.3 Å². The van der Waals surface area contributed by atoms with E-state index in [4.69, 9.17) is 0 Å². The summed E-state index contributed by atoms with van der Waals surface area (Å²) in [7, 11) is 0. The third kappa shape index (κ3) is 4.37. The lowest BCUT2D eigenvalue weighted by molar-refractivity contribution is 0.109. The van der Waals surface area contributed by atoms with Crippen LogP contribution < -0.4 is 0 Å². The van der Waals surface area contributed by atoms with Crippen molar-refractivity contribution in [2.75, 3.05) is 0 Å². The maximum atomic E-state index is 2.39. The van der Waals surface area contributed by atoms with E-state index in [2.05, 4.69) is 37.3 Å². The van der Waals surface area contributed by atoms with Gasteiger partial charge in [0, 0.05) is 0 Å². The monoisotopic (exact) mass is 352 g/mol. The molecule has 144 valence electrons. The zero-order valence-electron chi connectivity index (χ0n) is 17.0. The number of benzene rings is 1. The van der Waals surface area contributed by atoms with Crippen LogP contribution in [0.25, 0.3) is 0 Å². The van der Waals surface area contributed by atoms with E-state index in [1.807, 2.05) is 0 Å². The van der Waals surface area contributed by atoms with Gasteiger partial charge in [-0.15, -0.1) is 0 Å². The topological polar surface area (TPSA) is 0 Å². The van der Waals surface area contributed by atoms with E-state index in [9.17, 15) is 0 Å². The predicted octanol–water partition coefficient (Wildman–Crippen LogP) is 7.98. The van der Waals surface area contributed by atoms with E-state index in [1.165, 1.54) is 44.9 Å². The summed E-state index contributed by atoms with van der Waals surface area (Å²) in [6.07, 6.45) is 19.7. The first kappa shape index (κ1) is 18.6. The number of hydrogen-bond donors (Lipinski definition) is 0. The van der Waals surface area contributed by atoms with E-state index >= 15 is 0 Å². The maximum absolute atomic E-state index is 2.39. The third-order valence-electron chi connectivity index (χ3n) is 8.66. The molecule has 0 heteroatoms. The zero-order valence-corrected chi connectivity index (χ0v) is 17.0. The second kappa shape index (κ2) is 8.94. The highest BCUT2D eigenvalue weighted by atomic mass is 14.4. The fourth-order valence-electron chi connectivity index (χ4n) is 6.80. The van der Waals surface area contributed by atoms with Crippen LogP contribution in [0.5, 0.6) is 0 Å². The zero-order chi connectivity index (χ0) is 17.8. The van der Waals surface area contributed by atoms with Crippen molar-refractivity contribution in [3.05, 3.63) is 35.9 Å². The standard InChI is InChI=1S/C26H40/c1-2-20-8-10-22(11-9-20)24-16-18-26(19-17-24)25-14-12-23(13-15-25)21-6-4-3-5-7-21/h3-7,20,22-26H,2,8-19H2,1H3. The molecule has 0 nitrogen and oxygen atoms in total. The molecule has 1 aromatic carbocycles. The fraction of sp³-hybridized carbons (Fsp3) is 0.769. The molecule has 3 saturated carbocycles. The van der Waals surface area contributed by atoms with Crippen molar-refractivity contribution in [2.45, 2.75) is 96.3 Å². The van der Waals surface area contributed by atoms with E-state index in [0.29, 0.717) is 0 Å². The average Bonchev–Trinajstić information content (AvgIpc) is 2.75. The molecular formula is C26H40. The molecule has 0 aliphatic heterocycles. The van der Waals surface area contributed by atoms with E-state index in [0.717, 1.165) is 35.5 Å². The minimum Gasteiger partial charge on any atom is -0.0651 e. The molecule has 3 fully saturated rings. The molecule has 26 heavy (non-hydrogen) atoms. The quantitative estimate of drug-likeness (QED) is 0.515. The average molecular weight is 353 g/mol. The van der Waals surface area contributed by atoms with Crippen LogP contribution in [-0.2, 0) is 0 Å². The highest BCUT2D eigenvalue weighted by molar-refractivity contribution is 5.19. The van der Waals surface area contributed by atoms with Crippen LogP contribution in [0.3, 0.4) is 0 Å². The molecule has 0 bridgehead atoms. The van der Waals surface area contributed by atoms with Crippen molar-refractivity contribution < 1.29 is 0 Å². The Morgan fingerprint density at radius 1 is 0.577 bits per heavy atom. The van der Waals surface area contributed by atoms with Gasteiger partial charge < -0.3 is 0 Å². The third-order valence-corrected chi connectivity index (χ3v) is 8.66. The fourth-order valence-corrected chi connectivity index (χ4v) is 6.80. The summed E-state index contributed by atoms with van der Waals surface area (Å²) >= 11 is 0. The molecule has 4 rings (SSSR count). The van der Waals surface area contributed by atoms with Gasteiger partial charge in [0.05, 0.1) is 0 Å². The summed E-state index contributed by atoms with van der Waals surface area (Å²) in [4.78, 5) is 0. The molecule has 0 spiro atoms. The van der Waals surface area contributed by atoms with E-state index in [1.54, 1.807) is 44.1 Å². The predicted molar refractivity (Wildman–Crippen MR) is 112 cm³/mol. The van der Waals surface area contributed by atoms with Gasteiger partial charge in [0.1, 0.15) is 0 Å². The Morgan fingerprint density at radius 3 is 1.46 bits per heavy atom. The van der Waals surface area contributed by atoms with Crippen molar-refractivity contribution in [3.8, 4) is 0 Å². The minimum atomic E-state index is 0.845. The van der Waals surface area contributed by atoms with Gasteiger partial charge in [-0.25, -0.2) is 0 Å². The molecule has 0 N–H and O–H groups in total. The van der Waals surface area contributed by atoms with Gasteiger partial charge in [0.15, 0.2) is 0 Å². The minimum absolute atomic E-state index is 0.845. The van der Waals surface area contributed by atoms with E-state index < -0.39 is 0 Å². The first-order chi connectivity index (χ1) is 12.8. The summed E-state index contributed by atoms with van der Waals surface area (Å²) in [5.41, 5.74) is 1.59. The lowest BCUT2D eigenvalue weighted by Crippen LogP contribution is -2.29. The largest absolute Gasteiger partial charge is 0.0651 e. The Labute approximate surface area is 162 Å². The Bertz CT molecular complexity index is 508. The van der Waals surface area contributed by atoms with E-state index in [-0.39, 0.29) is 0 Å². The number of hydrogen-bond acceptors (Lipinski definition) is 0. The highest BCUT2D eigenvalue weighted by Gasteiger charge is 2.34. The summed E-state index contributed by atoms with van der Waals surface area (Å²) in [6, 6.07) is 11.3. The summed E-state index contributed by atoms with van der Waals surface area (Å²) in [5.74, 6) is 6.19. The van der Waals surface area contributed by atoms with Crippen molar-refractivity contribution in [1.82, 2.24) is 0 Å². The summed E-state index contributed by atoms with van der Waals surface area (Å²) in [5, 5.41) is 0. The SMILES string of the molecule is CCC1CCC(C2CCC(C3CCC(c4ccccc4)CC3)CC2)CC1. The Kier molecular flexibility index (Phi) is 6.39. The molecule has 0 heterocycles. The molecule has 3 aliphatic carbocycles. The smallest absolute Gasteiger partial charge is 0.0162 e. The first-order valence-electron chi connectivity index (χ1n) is 11.9. The van der Waals surface area contributed by atoms with Crippen molar-refractivity contribution in [1.29, 1.82) is 0 Å². The Morgan fingerprint density at radius 2 is 1.00 bits per heavy atom. The lowest BCUT2D eigenvalue weighted by Gasteiger charge is -2.41. The normalized spacial score (nSPS) is 38.8. The molecule has 0 amide bonds. The second-order valence-corrected chi connectivity index (χ2v) is 9.89. The Balaban J connectivity index is 1.21. The van der Waals surface area contributed by atoms with Crippen molar-refractivity contribution >= 4 is 0 Å². The van der Waals surface area contributed by atoms with Gasteiger partial charge >= 0.3 is 0 Å². The molecule has 0 saturated heterocycles. The molecular weight excluding hydrogens is 312 g/mol. The van der Waals surface area contributed by atoms with Crippen LogP contribution >= 0.6 is 0 Å². The molecule has 0 unspecified atom stereocenters. The van der Waals surface area contributed by atoms with Crippen LogP contribution in [0, 0.1) is 29.6 Å². The van der Waals surface area contributed by atoms with Gasteiger partial charge in [-0.2, -0.15) is 0 Å². The van der Waals surface area contributed by atoms with Crippen LogP contribution in [0.1, 0.15) is 102 Å². The van der Waals surface area contributed by atoms with Gasteiger partial charge in [-0.3, -0.25) is 0 Å². The molecule has 0 atom stereocenters. The second-order valence-electron chi connectivity index (χ2n) is 9.89. The van der Waals surface area contributed by atoms with Crippen LogP contribution in [0.4, 0.5) is 0 Å². The summed E-state index contributed by atoms with van der Waals surface area (Å²) in [6.45, 7) is 2.39. The maximum Gasteiger partial charge on any atom is -0.0162 e. The van der Waals surface area contributed by atoms with Crippen molar-refractivity contribution in [3.63, 3.8) is 0 Å². The first-order valence-corrected chi connectivity index (χ1v) is 11.9. The Hall–Kier alpha value is -0.780. The van der Waals surface area contributed by atoms with Crippen LogP contribution in [-0.4, -0.2) is 0 Å². The van der Waals surface area contributed by atoms with Gasteiger partial charge in [0.25, 0.3) is 0 Å². The lowest BCUT2D eigenvalue weighted by atomic mass is 9.64. The molecule has 0 aromatic heterocycles. The van der Waals surface area contributed by atoms with Gasteiger partial charge in [-0.1, -0.05) is 56.5 Å². The van der Waals surface area contributed by atoms with Crippen molar-refractivity contribution in [2.24, 2.45) is 29.6 Å². The highest BCUT2D eigenvalue weighted by Crippen LogP contribution is 2.47. The molecule has 3 aliphatic rings.